The Kier molecular flexibility index (Phi) is 2.91. The molecule has 10 heavy (non-hydrogen) atoms. The van der Waals surface area contributed by atoms with Crippen LogP contribution in [0.3, 0.4) is 0 Å². The van der Waals surface area contributed by atoms with Gasteiger partial charge in [-0.1, -0.05) is 0 Å². The highest BCUT2D eigenvalue weighted by atomic mass is 79.9. The standard InChI is InChI=1S/C5HBr2ClOS/c6-2-1-10-4(3(2)7)5(8)9/h1H. The molecule has 0 atom stereocenters. The lowest BCUT2D eigenvalue weighted by Crippen LogP contribution is -1.81. The van der Waals surface area contributed by atoms with Crippen molar-refractivity contribution < 1.29 is 4.79 Å². The average Bonchev–Trinajstić information content (AvgIpc) is 2.14. The van der Waals surface area contributed by atoms with E-state index in [1.807, 2.05) is 0 Å². The number of hydrogen-bond donors (Lipinski definition) is 0. The van der Waals surface area contributed by atoms with Gasteiger partial charge in [0, 0.05) is 9.85 Å². The van der Waals surface area contributed by atoms with Crippen molar-refractivity contribution in [2.75, 3.05) is 0 Å². The molecule has 54 valence electrons. The van der Waals surface area contributed by atoms with Crippen LogP contribution in [0, 0.1) is 0 Å². The maximum atomic E-state index is 10.6. The number of hydrogen-bond acceptors (Lipinski definition) is 2. The molecule has 0 aliphatic rings. The molecule has 0 bridgehead atoms. The zero-order chi connectivity index (χ0) is 7.72. The van der Waals surface area contributed by atoms with Gasteiger partial charge in [-0.15, -0.1) is 11.3 Å². The van der Waals surface area contributed by atoms with Gasteiger partial charge < -0.3 is 0 Å². The second kappa shape index (κ2) is 3.34. The molecule has 1 aromatic heterocycles. The first-order valence-electron chi connectivity index (χ1n) is 2.25. The fraction of sp³-hybridized carbons (Fsp3) is 0. The van der Waals surface area contributed by atoms with E-state index < -0.39 is 5.24 Å². The largest absolute Gasteiger partial charge is 0.275 e. The fourth-order valence-corrected chi connectivity index (χ4v) is 2.78. The SMILES string of the molecule is O=C(Cl)c1scc(Br)c1Br. The summed E-state index contributed by atoms with van der Waals surface area (Å²) in [7, 11) is 0. The first-order valence-corrected chi connectivity index (χ1v) is 5.09. The minimum Gasteiger partial charge on any atom is -0.275 e. The van der Waals surface area contributed by atoms with Crippen molar-refractivity contribution in [1.29, 1.82) is 0 Å². The third-order valence-electron chi connectivity index (χ3n) is 0.868. The Labute approximate surface area is 83.6 Å². The van der Waals surface area contributed by atoms with E-state index >= 15 is 0 Å². The van der Waals surface area contributed by atoms with Crippen LogP contribution in [0.15, 0.2) is 14.3 Å². The van der Waals surface area contributed by atoms with Crippen molar-refractivity contribution >= 4 is 60.0 Å². The maximum absolute atomic E-state index is 10.6. The summed E-state index contributed by atoms with van der Waals surface area (Å²) in [5.74, 6) is 0. The molecule has 0 N–H and O–H groups in total. The van der Waals surface area contributed by atoms with Crippen molar-refractivity contribution in [1.82, 2.24) is 0 Å². The van der Waals surface area contributed by atoms with Gasteiger partial charge in [0.05, 0.1) is 4.47 Å². The van der Waals surface area contributed by atoms with Crippen LogP contribution in [-0.2, 0) is 0 Å². The Morgan fingerprint density at radius 3 is 2.40 bits per heavy atom. The molecule has 0 aliphatic carbocycles. The quantitative estimate of drug-likeness (QED) is 0.724. The van der Waals surface area contributed by atoms with Crippen molar-refractivity contribution in [3.05, 3.63) is 19.2 Å². The summed E-state index contributed by atoms with van der Waals surface area (Å²) in [4.78, 5) is 11.1. The normalized spacial score (nSPS) is 9.90. The molecule has 0 aliphatic heterocycles. The molecular formula is C5HBr2ClOS. The topological polar surface area (TPSA) is 17.1 Å². The lowest BCUT2D eigenvalue weighted by atomic mass is 10.5. The van der Waals surface area contributed by atoms with Crippen LogP contribution >= 0.6 is 54.8 Å². The van der Waals surface area contributed by atoms with Crippen molar-refractivity contribution in [3.8, 4) is 0 Å². The molecule has 0 saturated heterocycles. The van der Waals surface area contributed by atoms with E-state index in [1.54, 1.807) is 5.38 Å². The van der Waals surface area contributed by atoms with Crippen molar-refractivity contribution in [2.24, 2.45) is 0 Å². The van der Waals surface area contributed by atoms with E-state index in [9.17, 15) is 4.79 Å². The smallest absolute Gasteiger partial charge is 0.263 e. The molecule has 0 fully saturated rings. The molecule has 0 spiro atoms. The minimum absolute atomic E-state index is 0.428. The maximum Gasteiger partial charge on any atom is 0.263 e. The number of rotatable bonds is 1. The zero-order valence-corrected chi connectivity index (χ0v) is 9.27. The average molecular weight is 304 g/mol. The first kappa shape index (κ1) is 8.71. The Morgan fingerprint density at radius 2 is 2.20 bits per heavy atom. The van der Waals surface area contributed by atoms with Gasteiger partial charge in [0.2, 0.25) is 0 Å². The number of carbonyl (C=O) groups is 1. The molecule has 0 amide bonds. The fourth-order valence-electron chi connectivity index (χ4n) is 0.455. The second-order valence-corrected chi connectivity index (χ2v) is 4.37. The Bertz CT molecular complexity index is 271. The predicted octanol–water partition coefficient (Wildman–Crippen LogP) is 3.65. The van der Waals surface area contributed by atoms with Gasteiger partial charge in [-0.25, -0.2) is 0 Å². The van der Waals surface area contributed by atoms with E-state index in [4.69, 9.17) is 11.6 Å². The minimum atomic E-state index is -0.428. The Hall–Kier alpha value is 0.620. The van der Waals surface area contributed by atoms with Crippen LogP contribution in [0.25, 0.3) is 0 Å². The lowest BCUT2D eigenvalue weighted by Gasteiger charge is -1.86. The van der Waals surface area contributed by atoms with Crippen molar-refractivity contribution in [3.63, 3.8) is 0 Å². The molecule has 0 aromatic carbocycles. The van der Waals surface area contributed by atoms with Gasteiger partial charge in [0.15, 0.2) is 0 Å². The Balaban J connectivity index is 3.17. The molecule has 5 heteroatoms. The highest BCUT2D eigenvalue weighted by Crippen LogP contribution is 2.33. The van der Waals surface area contributed by atoms with Crippen LogP contribution in [0.1, 0.15) is 9.67 Å². The summed E-state index contributed by atoms with van der Waals surface area (Å²) in [6.45, 7) is 0. The number of thiophene rings is 1. The molecule has 0 radical (unpaired) electrons. The van der Waals surface area contributed by atoms with Crippen LogP contribution in [0.2, 0.25) is 0 Å². The third-order valence-corrected chi connectivity index (χ3v) is 4.69. The van der Waals surface area contributed by atoms with Crippen LogP contribution in [0.5, 0.6) is 0 Å². The number of carbonyl (C=O) groups excluding carboxylic acids is 1. The Morgan fingerprint density at radius 1 is 1.60 bits per heavy atom. The third kappa shape index (κ3) is 1.61. The highest BCUT2D eigenvalue weighted by Gasteiger charge is 2.11. The number of halogens is 3. The van der Waals surface area contributed by atoms with E-state index in [0.29, 0.717) is 4.88 Å². The molecule has 1 heterocycles. The van der Waals surface area contributed by atoms with E-state index in [1.165, 1.54) is 11.3 Å². The second-order valence-electron chi connectivity index (χ2n) is 1.50. The molecule has 1 nitrogen and oxygen atoms in total. The van der Waals surface area contributed by atoms with E-state index in [-0.39, 0.29) is 0 Å². The van der Waals surface area contributed by atoms with Gasteiger partial charge in [-0.2, -0.15) is 0 Å². The van der Waals surface area contributed by atoms with Crippen molar-refractivity contribution in [2.45, 2.75) is 0 Å². The van der Waals surface area contributed by atoms with Gasteiger partial charge in [0.1, 0.15) is 4.88 Å². The summed E-state index contributed by atoms with van der Waals surface area (Å²) < 4.78 is 1.60. The first-order chi connectivity index (χ1) is 4.63. The zero-order valence-electron chi connectivity index (χ0n) is 4.53. The highest BCUT2D eigenvalue weighted by molar-refractivity contribution is 9.13. The summed E-state index contributed by atoms with van der Waals surface area (Å²) >= 11 is 13.0. The summed E-state index contributed by atoms with van der Waals surface area (Å²) in [5, 5.41) is 1.38. The lowest BCUT2D eigenvalue weighted by molar-refractivity contribution is 0.108. The van der Waals surface area contributed by atoms with E-state index in [2.05, 4.69) is 31.9 Å². The molecular weight excluding hydrogens is 303 g/mol. The molecule has 1 aromatic rings. The summed E-state index contributed by atoms with van der Waals surface area (Å²) in [6.07, 6.45) is 0. The van der Waals surface area contributed by atoms with Gasteiger partial charge in [-0.05, 0) is 43.5 Å². The molecule has 0 saturated carbocycles. The van der Waals surface area contributed by atoms with Gasteiger partial charge in [0.25, 0.3) is 5.24 Å². The van der Waals surface area contributed by atoms with Crippen LogP contribution < -0.4 is 0 Å². The molecule has 1 rings (SSSR count). The van der Waals surface area contributed by atoms with Crippen LogP contribution in [0.4, 0.5) is 0 Å². The van der Waals surface area contributed by atoms with Gasteiger partial charge >= 0.3 is 0 Å². The monoisotopic (exact) mass is 302 g/mol. The van der Waals surface area contributed by atoms with Gasteiger partial charge in [-0.3, -0.25) is 4.79 Å². The summed E-state index contributed by atoms with van der Waals surface area (Å²) in [6, 6.07) is 0. The van der Waals surface area contributed by atoms with Crippen LogP contribution in [-0.4, -0.2) is 5.24 Å². The predicted molar refractivity (Wildman–Crippen MR) is 49.9 cm³/mol. The summed E-state index contributed by atoms with van der Waals surface area (Å²) in [5.41, 5.74) is 0. The van der Waals surface area contributed by atoms with E-state index in [0.717, 1.165) is 8.95 Å². The molecule has 0 unspecified atom stereocenters.